The minimum Gasteiger partial charge on any atom is -0.481 e. The van der Waals surface area contributed by atoms with Gasteiger partial charge in [-0.15, -0.1) is 0 Å². The molecular formula is C14H15BrN2O3. The Bertz CT molecular complexity index is 559. The number of likely N-dealkylation sites (tertiary alicyclic amines) is 1. The molecule has 1 saturated heterocycles. The Morgan fingerprint density at radius 2 is 2.10 bits per heavy atom. The number of aliphatic carboxylic acids is 1. The number of carbonyl (C=O) groups excluding carboxylic acids is 1. The molecule has 1 saturated carbocycles. The summed E-state index contributed by atoms with van der Waals surface area (Å²) < 4.78 is 0.799. The van der Waals surface area contributed by atoms with Gasteiger partial charge in [-0.1, -0.05) is 0 Å². The fourth-order valence-corrected chi connectivity index (χ4v) is 3.32. The van der Waals surface area contributed by atoms with Gasteiger partial charge in [-0.05, 0) is 46.8 Å². The fourth-order valence-electron chi connectivity index (χ4n) is 2.94. The summed E-state index contributed by atoms with van der Waals surface area (Å²) in [5, 5.41) is 9.48. The fraction of sp³-hybridized carbons (Fsp3) is 0.500. The minimum atomic E-state index is -0.840. The smallest absolute Gasteiger partial charge is 0.308 e. The number of carbonyl (C=O) groups is 2. The highest BCUT2D eigenvalue weighted by Crippen LogP contribution is 2.43. The van der Waals surface area contributed by atoms with E-state index in [1.54, 1.807) is 17.3 Å². The molecule has 1 aromatic heterocycles. The van der Waals surface area contributed by atoms with Gasteiger partial charge >= 0.3 is 5.97 Å². The average Bonchev–Trinajstić information content (AvgIpc) is 3.22. The molecule has 5 nitrogen and oxygen atoms in total. The summed E-state index contributed by atoms with van der Waals surface area (Å²) in [6.07, 6.45) is 5.98. The van der Waals surface area contributed by atoms with E-state index in [0.717, 1.165) is 22.9 Å². The molecule has 0 bridgehead atoms. The first kappa shape index (κ1) is 13.5. The summed E-state index contributed by atoms with van der Waals surface area (Å²) in [6, 6.07) is 1.67. The van der Waals surface area contributed by atoms with Crippen LogP contribution in [0.5, 0.6) is 0 Å². The summed E-state index contributed by atoms with van der Waals surface area (Å²) in [4.78, 5) is 29.7. The van der Waals surface area contributed by atoms with Gasteiger partial charge in [0, 0.05) is 29.3 Å². The number of rotatable bonds is 3. The standard InChI is InChI=1S/C14H15BrN2O3/c15-9-5-8(6-16-7-9)13-11(14(19)20)3-4-12(18)17(13)10-1-2-10/h5-7,10-11,13H,1-4H2,(H,19,20). The second-order valence-corrected chi connectivity index (χ2v) is 6.31. The van der Waals surface area contributed by atoms with Gasteiger partial charge in [-0.2, -0.15) is 0 Å². The number of pyridine rings is 1. The lowest BCUT2D eigenvalue weighted by Gasteiger charge is -2.40. The molecule has 106 valence electrons. The number of hydrogen-bond acceptors (Lipinski definition) is 3. The van der Waals surface area contributed by atoms with Gasteiger partial charge in [0.25, 0.3) is 0 Å². The number of amides is 1. The Morgan fingerprint density at radius 3 is 2.70 bits per heavy atom. The molecule has 2 aliphatic rings. The van der Waals surface area contributed by atoms with Gasteiger partial charge in [-0.25, -0.2) is 0 Å². The van der Waals surface area contributed by atoms with E-state index in [0.29, 0.717) is 12.8 Å². The van der Waals surface area contributed by atoms with Crippen molar-refractivity contribution < 1.29 is 14.7 Å². The molecule has 0 radical (unpaired) electrons. The van der Waals surface area contributed by atoms with E-state index in [1.165, 1.54) is 0 Å². The first-order chi connectivity index (χ1) is 9.58. The second-order valence-electron chi connectivity index (χ2n) is 5.40. The molecular weight excluding hydrogens is 324 g/mol. The van der Waals surface area contributed by atoms with E-state index in [4.69, 9.17) is 0 Å². The molecule has 0 spiro atoms. The topological polar surface area (TPSA) is 70.5 Å². The van der Waals surface area contributed by atoms with E-state index in [1.807, 2.05) is 6.07 Å². The lowest BCUT2D eigenvalue weighted by Crippen LogP contribution is -2.46. The molecule has 2 heterocycles. The monoisotopic (exact) mass is 338 g/mol. The SMILES string of the molecule is O=C(O)C1CCC(=O)N(C2CC2)C1c1cncc(Br)c1. The van der Waals surface area contributed by atoms with E-state index in [-0.39, 0.29) is 11.9 Å². The molecule has 20 heavy (non-hydrogen) atoms. The number of carboxylic acids is 1. The Hall–Kier alpha value is -1.43. The van der Waals surface area contributed by atoms with Crippen LogP contribution in [-0.4, -0.2) is 32.9 Å². The number of halogens is 1. The van der Waals surface area contributed by atoms with Gasteiger partial charge in [0.1, 0.15) is 0 Å². The van der Waals surface area contributed by atoms with Crippen LogP contribution < -0.4 is 0 Å². The van der Waals surface area contributed by atoms with Crippen LogP contribution in [0, 0.1) is 5.92 Å². The Labute approximate surface area is 125 Å². The highest BCUT2D eigenvalue weighted by atomic mass is 79.9. The Kier molecular flexibility index (Phi) is 3.50. The third kappa shape index (κ3) is 2.44. The number of nitrogens with zero attached hydrogens (tertiary/aromatic N) is 2. The van der Waals surface area contributed by atoms with Crippen molar-refractivity contribution in [3.8, 4) is 0 Å². The van der Waals surface area contributed by atoms with Crippen molar-refractivity contribution in [2.45, 2.75) is 37.8 Å². The largest absolute Gasteiger partial charge is 0.481 e. The summed E-state index contributed by atoms with van der Waals surface area (Å²) in [5.41, 5.74) is 0.798. The van der Waals surface area contributed by atoms with Crippen LogP contribution in [0.25, 0.3) is 0 Å². The van der Waals surface area contributed by atoms with Crippen molar-refractivity contribution in [1.29, 1.82) is 0 Å². The van der Waals surface area contributed by atoms with Gasteiger partial charge < -0.3 is 10.0 Å². The summed E-state index contributed by atoms with van der Waals surface area (Å²) >= 11 is 3.36. The predicted octanol–water partition coefficient (Wildman–Crippen LogP) is 2.37. The first-order valence-corrected chi connectivity index (χ1v) is 7.51. The van der Waals surface area contributed by atoms with E-state index < -0.39 is 17.9 Å². The molecule has 2 fully saturated rings. The molecule has 2 atom stereocenters. The van der Waals surface area contributed by atoms with E-state index in [9.17, 15) is 14.7 Å². The molecule has 6 heteroatoms. The van der Waals surface area contributed by atoms with E-state index in [2.05, 4.69) is 20.9 Å². The summed E-state index contributed by atoms with van der Waals surface area (Å²) in [7, 11) is 0. The van der Waals surface area contributed by atoms with Crippen molar-refractivity contribution in [2.75, 3.05) is 0 Å². The molecule has 1 amide bonds. The molecule has 1 N–H and O–H groups in total. The molecule has 1 aromatic rings. The van der Waals surface area contributed by atoms with Crippen LogP contribution in [-0.2, 0) is 9.59 Å². The van der Waals surface area contributed by atoms with Gasteiger partial charge in [-0.3, -0.25) is 14.6 Å². The van der Waals surface area contributed by atoms with Crippen molar-refractivity contribution in [3.05, 3.63) is 28.5 Å². The summed E-state index contributed by atoms with van der Waals surface area (Å²) in [5.74, 6) is -1.33. The van der Waals surface area contributed by atoms with E-state index >= 15 is 0 Å². The molecule has 3 rings (SSSR count). The summed E-state index contributed by atoms with van der Waals surface area (Å²) in [6.45, 7) is 0. The minimum absolute atomic E-state index is 0.0648. The van der Waals surface area contributed by atoms with Gasteiger partial charge in [0.15, 0.2) is 0 Å². The maximum Gasteiger partial charge on any atom is 0.308 e. The Balaban J connectivity index is 2.02. The van der Waals surface area contributed by atoms with Crippen molar-refractivity contribution in [1.82, 2.24) is 9.88 Å². The zero-order chi connectivity index (χ0) is 14.3. The lowest BCUT2D eigenvalue weighted by atomic mass is 9.84. The molecule has 0 aromatic carbocycles. The third-order valence-electron chi connectivity index (χ3n) is 3.96. The van der Waals surface area contributed by atoms with Crippen molar-refractivity contribution in [2.24, 2.45) is 5.92 Å². The average molecular weight is 339 g/mol. The molecule has 2 unspecified atom stereocenters. The van der Waals surface area contributed by atoms with Gasteiger partial charge in [0.05, 0.1) is 12.0 Å². The zero-order valence-corrected chi connectivity index (χ0v) is 12.4. The first-order valence-electron chi connectivity index (χ1n) is 6.72. The van der Waals surface area contributed by atoms with Crippen LogP contribution in [0.15, 0.2) is 22.9 Å². The highest BCUT2D eigenvalue weighted by Gasteiger charge is 2.46. The molecule has 1 aliphatic heterocycles. The third-order valence-corrected chi connectivity index (χ3v) is 4.40. The van der Waals surface area contributed by atoms with Crippen LogP contribution in [0.1, 0.15) is 37.3 Å². The maximum absolute atomic E-state index is 12.2. The van der Waals surface area contributed by atoms with Gasteiger partial charge in [0.2, 0.25) is 5.91 Å². The number of hydrogen-bond donors (Lipinski definition) is 1. The molecule has 1 aliphatic carbocycles. The Morgan fingerprint density at radius 1 is 1.35 bits per heavy atom. The number of piperidine rings is 1. The van der Waals surface area contributed by atoms with Crippen LogP contribution in [0.2, 0.25) is 0 Å². The normalized spacial score (nSPS) is 26.6. The second kappa shape index (κ2) is 5.16. The number of aromatic nitrogens is 1. The lowest BCUT2D eigenvalue weighted by molar-refractivity contribution is -0.152. The maximum atomic E-state index is 12.2. The predicted molar refractivity (Wildman–Crippen MR) is 74.9 cm³/mol. The van der Waals surface area contributed by atoms with Crippen molar-refractivity contribution in [3.63, 3.8) is 0 Å². The zero-order valence-electron chi connectivity index (χ0n) is 10.8. The van der Waals surface area contributed by atoms with Crippen LogP contribution >= 0.6 is 15.9 Å². The van der Waals surface area contributed by atoms with Crippen LogP contribution in [0.3, 0.4) is 0 Å². The highest BCUT2D eigenvalue weighted by molar-refractivity contribution is 9.10. The van der Waals surface area contributed by atoms with Crippen molar-refractivity contribution >= 4 is 27.8 Å². The van der Waals surface area contributed by atoms with Crippen LogP contribution in [0.4, 0.5) is 0 Å². The quantitative estimate of drug-likeness (QED) is 0.918. The number of carboxylic acid groups (broad SMARTS) is 1.